The molecule has 1 atom stereocenters. The second-order valence-electron chi connectivity index (χ2n) is 6.70. The fourth-order valence-electron chi connectivity index (χ4n) is 2.90. The van der Waals surface area contributed by atoms with Gasteiger partial charge >= 0.3 is 0 Å². The van der Waals surface area contributed by atoms with Crippen LogP contribution in [0, 0.1) is 11.6 Å². The predicted molar refractivity (Wildman–Crippen MR) is 110 cm³/mol. The summed E-state index contributed by atoms with van der Waals surface area (Å²) in [5, 5.41) is 11.2. The molecule has 1 unspecified atom stereocenters. The third kappa shape index (κ3) is 4.24. The number of hydrogen-bond donors (Lipinski definition) is 4. The fourth-order valence-corrected chi connectivity index (χ4v) is 3.14. The molecule has 0 fully saturated rings. The molecule has 0 spiro atoms. The maximum Gasteiger partial charge on any atom is 0.269 e. The van der Waals surface area contributed by atoms with Crippen molar-refractivity contribution in [3.8, 4) is 0 Å². The van der Waals surface area contributed by atoms with Crippen molar-refractivity contribution in [2.75, 3.05) is 5.32 Å². The van der Waals surface area contributed by atoms with E-state index in [1.807, 2.05) is 24.3 Å². The SMILES string of the molecule is CC(NC(=O)c1cc(NC(=O)c2cc(F)c(F)cc2Cl)n[nH]1)c1nc2ccccc2[nH]1. The number of aromatic nitrogens is 4. The molecule has 0 aliphatic heterocycles. The van der Waals surface area contributed by atoms with E-state index in [0.717, 1.165) is 11.0 Å². The summed E-state index contributed by atoms with van der Waals surface area (Å²) < 4.78 is 26.6. The van der Waals surface area contributed by atoms with Crippen LogP contribution in [0.25, 0.3) is 11.0 Å². The zero-order valence-corrected chi connectivity index (χ0v) is 16.7. The highest BCUT2D eigenvalue weighted by Crippen LogP contribution is 2.21. The lowest BCUT2D eigenvalue weighted by molar-refractivity contribution is 0.0932. The Morgan fingerprint density at radius 3 is 2.61 bits per heavy atom. The van der Waals surface area contributed by atoms with E-state index in [4.69, 9.17) is 11.6 Å². The molecule has 0 saturated heterocycles. The number of fused-ring (bicyclic) bond motifs is 1. The van der Waals surface area contributed by atoms with Crippen molar-refractivity contribution in [3.63, 3.8) is 0 Å². The zero-order valence-electron chi connectivity index (χ0n) is 16.0. The highest BCUT2D eigenvalue weighted by molar-refractivity contribution is 6.34. The van der Waals surface area contributed by atoms with Gasteiger partial charge in [0.1, 0.15) is 11.5 Å². The molecule has 2 amide bonds. The Kier molecular flexibility index (Phi) is 5.38. The Morgan fingerprint density at radius 1 is 1.10 bits per heavy atom. The number of amides is 2. The molecule has 4 aromatic rings. The molecular formula is C20H15ClF2N6O2. The molecule has 0 saturated carbocycles. The van der Waals surface area contributed by atoms with Crippen LogP contribution in [0.3, 0.4) is 0 Å². The van der Waals surface area contributed by atoms with Crippen LogP contribution in [0.4, 0.5) is 14.6 Å². The van der Waals surface area contributed by atoms with Gasteiger partial charge in [-0.3, -0.25) is 14.7 Å². The van der Waals surface area contributed by atoms with Crippen LogP contribution in [-0.4, -0.2) is 32.0 Å². The van der Waals surface area contributed by atoms with Crippen LogP contribution in [-0.2, 0) is 0 Å². The van der Waals surface area contributed by atoms with E-state index in [-0.39, 0.29) is 22.1 Å². The Balaban J connectivity index is 1.43. The van der Waals surface area contributed by atoms with Gasteiger partial charge in [0.15, 0.2) is 17.5 Å². The monoisotopic (exact) mass is 444 g/mol. The molecule has 11 heteroatoms. The number of carbonyl (C=O) groups excluding carboxylic acids is 2. The third-order valence-corrected chi connectivity index (χ3v) is 4.80. The lowest BCUT2D eigenvalue weighted by atomic mass is 10.2. The number of halogens is 3. The minimum absolute atomic E-state index is 0.00680. The van der Waals surface area contributed by atoms with Crippen molar-refractivity contribution in [3.05, 3.63) is 76.2 Å². The van der Waals surface area contributed by atoms with Gasteiger partial charge in [-0.2, -0.15) is 5.10 Å². The summed E-state index contributed by atoms with van der Waals surface area (Å²) in [7, 11) is 0. The van der Waals surface area contributed by atoms with Gasteiger partial charge in [0.2, 0.25) is 0 Å². The van der Waals surface area contributed by atoms with Gasteiger partial charge in [0.25, 0.3) is 11.8 Å². The quantitative estimate of drug-likeness (QED) is 0.349. The molecular weight excluding hydrogens is 430 g/mol. The molecule has 158 valence electrons. The van der Waals surface area contributed by atoms with Crippen molar-refractivity contribution < 1.29 is 18.4 Å². The summed E-state index contributed by atoms with van der Waals surface area (Å²) in [5.41, 5.74) is 1.43. The zero-order chi connectivity index (χ0) is 22.1. The maximum atomic E-state index is 13.4. The van der Waals surface area contributed by atoms with E-state index in [1.165, 1.54) is 6.07 Å². The highest BCUT2D eigenvalue weighted by Gasteiger charge is 2.19. The van der Waals surface area contributed by atoms with E-state index in [9.17, 15) is 18.4 Å². The van der Waals surface area contributed by atoms with Gasteiger partial charge < -0.3 is 15.6 Å². The molecule has 0 aliphatic rings. The first-order chi connectivity index (χ1) is 14.8. The van der Waals surface area contributed by atoms with Crippen LogP contribution in [0.15, 0.2) is 42.5 Å². The first kappa shape index (κ1) is 20.5. The predicted octanol–water partition coefficient (Wildman–Crippen LogP) is 3.96. The minimum atomic E-state index is -1.21. The summed E-state index contributed by atoms with van der Waals surface area (Å²) in [4.78, 5) is 32.3. The van der Waals surface area contributed by atoms with E-state index >= 15 is 0 Å². The minimum Gasteiger partial charge on any atom is -0.341 e. The van der Waals surface area contributed by atoms with Crippen LogP contribution >= 0.6 is 11.6 Å². The smallest absolute Gasteiger partial charge is 0.269 e. The van der Waals surface area contributed by atoms with Crippen LogP contribution in [0.5, 0.6) is 0 Å². The number of benzene rings is 2. The average molecular weight is 445 g/mol. The van der Waals surface area contributed by atoms with Gasteiger partial charge in [-0.15, -0.1) is 0 Å². The van der Waals surface area contributed by atoms with E-state index in [0.29, 0.717) is 18.0 Å². The first-order valence-corrected chi connectivity index (χ1v) is 9.46. The van der Waals surface area contributed by atoms with Crippen molar-refractivity contribution in [2.45, 2.75) is 13.0 Å². The Hall–Kier alpha value is -3.79. The molecule has 2 aromatic heterocycles. The molecule has 8 nitrogen and oxygen atoms in total. The molecule has 2 aromatic carbocycles. The molecule has 0 aliphatic carbocycles. The highest BCUT2D eigenvalue weighted by atomic mass is 35.5. The number of aromatic amines is 2. The molecule has 2 heterocycles. The molecule has 0 radical (unpaired) electrons. The van der Waals surface area contributed by atoms with Crippen molar-refractivity contribution in [2.24, 2.45) is 0 Å². The Bertz CT molecular complexity index is 1270. The largest absolute Gasteiger partial charge is 0.341 e. The summed E-state index contributed by atoms with van der Waals surface area (Å²) in [5.74, 6) is -3.08. The normalized spacial score (nSPS) is 12.0. The number of carbonyl (C=O) groups is 2. The number of hydrogen-bond acceptors (Lipinski definition) is 4. The first-order valence-electron chi connectivity index (χ1n) is 9.08. The average Bonchev–Trinajstić information content (AvgIpc) is 3.37. The van der Waals surface area contributed by atoms with E-state index in [1.54, 1.807) is 6.92 Å². The molecule has 4 rings (SSSR count). The molecule has 0 bridgehead atoms. The van der Waals surface area contributed by atoms with Crippen molar-refractivity contribution in [1.82, 2.24) is 25.5 Å². The number of para-hydroxylation sites is 2. The number of H-pyrrole nitrogens is 2. The summed E-state index contributed by atoms with van der Waals surface area (Å²) in [6, 6.07) is 9.73. The topological polar surface area (TPSA) is 116 Å². The summed E-state index contributed by atoms with van der Waals surface area (Å²) in [6.45, 7) is 1.76. The maximum absolute atomic E-state index is 13.4. The van der Waals surface area contributed by atoms with E-state index in [2.05, 4.69) is 30.8 Å². The Labute approximate surface area is 179 Å². The van der Waals surface area contributed by atoms with E-state index < -0.39 is 29.5 Å². The summed E-state index contributed by atoms with van der Waals surface area (Å²) >= 11 is 5.79. The molecule has 4 N–H and O–H groups in total. The third-order valence-electron chi connectivity index (χ3n) is 4.48. The lowest BCUT2D eigenvalue weighted by Crippen LogP contribution is -2.27. The van der Waals surface area contributed by atoms with Gasteiger partial charge in [0.05, 0.1) is 27.7 Å². The van der Waals surface area contributed by atoms with Gasteiger partial charge in [0, 0.05) is 6.07 Å². The second-order valence-corrected chi connectivity index (χ2v) is 7.11. The van der Waals surface area contributed by atoms with Gasteiger partial charge in [-0.25, -0.2) is 13.8 Å². The van der Waals surface area contributed by atoms with Crippen LogP contribution < -0.4 is 10.6 Å². The van der Waals surface area contributed by atoms with Crippen molar-refractivity contribution in [1.29, 1.82) is 0 Å². The molecule has 31 heavy (non-hydrogen) atoms. The number of anilines is 1. The second kappa shape index (κ2) is 8.15. The fraction of sp³-hybridized carbons (Fsp3) is 0.100. The van der Waals surface area contributed by atoms with Crippen molar-refractivity contribution >= 4 is 40.3 Å². The number of nitrogens with zero attached hydrogens (tertiary/aromatic N) is 2. The lowest BCUT2D eigenvalue weighted by Gasteiger charge is -2.10. The van der Waals surface area contributed by atoms with Gasteiger partial charge in [-0.1, -0.05) is 23.7 Å². The van der Waals surface area contributed by atoms with Crippen LogP contribution in [0.2, 0.25) is 5.02 Å². The van der Waals surface area contributed by atoms with Crippen LogP contribution in [0.1, 0.15) is 39.6 Å². The number of rotatable bonds is 5. The number of nitrogens with one attached hydrogen (secondary N) is 4. The standard InChI is InChI=1S/C20H15ClF2N6O2/c1-9(18-25-14-4-2-3-5-15(14)26-18)24-20(31)16-8-17(29-28-16)27-19(30)10-6-12(22)13(23)7-11(10)21/h2-9H,1H3,(H,24,31)(H,25,26)(H2,27,28,29,30). The number of imidazole rings is 1. The Morgan fingerprint density at radius 2 is 1.84 bits per heavy atom. The van der Waals surface area contributed by atoms with Gasteiger partial charge in [-0.05, 0) is 31.2 Å². The summed E-state index contributed by atoms with van der Waals surface area (Å²) in [6.07, 6.45) is 0.